The number of rotatable bonds is 8. The van der Waals surface area contributed by atoms with Gasteiger partial charge in [0.1, 0.15) is 11.5 Å². The molecule has 0 fully saturated rings. The van der Waals surface area contributed by atoms with Gasteiger partial charge in [-0.05, 0) is 42.8 Å². The summed E-state index contributed by atoms with van der Waals surface area (Å²) in [5.74, 6) is 0.699. The Morgan fingerprint density at radius 1 is 1.00 bits per heavy atom. The fourth-order valence-electron chi connectivity index (χ4n) is 3.42. The SMILES string of the molecule is COc1ccccc1N(Cc1ccccc1)S(=O)(=O)c1cccc(C(=O)Nc2cc(C)on2)c1. The smallest absolute Gasteiger partial charge is 0.264 e. The number of hydrogen-bond donors (Lipinski definition) is 1. The van der Waals surface area contributed by atoms with E-state index in [-0.39, 0.29) is 22.8 Å². The summed E-state index contributed by atoms with van der Waals surface area (Å²) in [5.41, 5.74) is 1.36. The van der Waals surface area contributed by atoms with Gasteiger partial charge in [0.15, 0.2) is 5.82 Å². The van der Waals surface area contributed by atoms with Crippen molar-refractivity contribution in [2.24, 2.45) is 0 Å². The van der Waals surface area contributed by atoms with Crippen molar-refractivity contribution in [2.75, 3.05) is 16.7 Å². The van der Waals surface area contributed by atoms with Crippen LogP contribution in [-0.4, -0.2) is 26.6 Å². The van der Waals surface area contributed by atoms with Crippen molar-refractivity contribution in [1.29, 1.82) is 0 Å². The highest BCUT2D eigenvalue weighted by atomic mass is 32.2. The van der Waals surface area contributed by atoms with E-state index in [1.54, 1.807) is 37.3 Å². The fraction of sp³-hybridized carbons (Fsp3) is 0.120. The average Bonchev–Trinajstić information content (AvgIpc) is 3.27. The van der Waals surface area contributed by atoms with Crippen molar-refractivity contribution in [3.63, 3.8) is 0 Å². The number of sulfonamides is 1. The minimum atomic E-state index is -4.07. The van der Waals surface area contributed by atoms with Crippen LogP contribution in [0.2, 0.25) is 0 Å². The number of carbonyl (C=O) groups is 1. The number of hydrogen-bond acceptors (Lipinski definition) is 6. The molecule has 4 aromatic rings. The number of nitrogens with one attached hydrogen (secondary N) is 1. The number of anilines is 2. The Morgan fingerprint density at radius 2 is 1.74 bits per heavy atom. The van der Waals surface area contributed by atoms with Crippen molar-refractivity contribution in [2.45, 2.75) is 18.4 Å². The highest BCUT2D eigenvalue weighted by Crippen LogP contribution is 2.33. The van der Waals surface area contributed by atoms with Gasteiger partial charge >= 0.3 is 0 Å². The molecule has 0 spiro atoms. The Kier molecular flexibility index (Phi) is 6.65. The van der Waals surface area contributed by atoms with Crippen molar-refractivity contribution in [3.05, 3.63) is 102 Å². The second-order valence-corrected chi connectivity index (χ2v) is 9.34. The van der Waals surface area contributed by atoms with Gasteiger partial charge in [-0.1, -0.05) is 53.7 Å². The number of carbonyl (C=O) groups excluding carboxylic acids is 1. The first-order valence-electron chi connectivity index (χ1n) is 10.4. The van der Waals surface area contributed by atoms with Crippen molar-refractivity contribution < 1.29 is 22.5 Å². The molecule has 0 bridgehead atoms. The molecule has 0 saturated carbocycles. The van der Waals surface area contributed by atoms with Crippen LogP contribution in [0.15, 0.2) is 94.3 Å². The lowest BCUT2D eigenvalue weighted by atomic mass is 10.2. The number of aryl methyl sites for hydroxylation is 1. The third kappa shape index (κ3) is 4.94. The average molecular weight is 478 g/mol. The number of aromatic nitrogens is 1. The Balaban J connectivity index is 1.73. The molecule has 8 nitrogen and oxygen atoms in total. The third-order valence-electron chi connectivity index (χ3n) is 5.08. The standard InChI is InChI=1S/C25H23N3O5S/c1-18-15-24(27-33-18)26-25(29)20-11-8-12-21(16-20)34(30,31)28(17-19-9-4-3-5-10-19)22-13-6-7-14-23(22)32-2/h3-16H,17H2,1-2H3,(H,26,27,29). The molecule has 0 unspecified atom stereocenters. The second kappa shape index (κ2) is 9.80. The van der Waals surface area contributed by atoms with E-state index in [1.165, 1.54) is 35.7 Å². The Morgan fingerprint density at radius 3 is 2.44 bits per heavy atom. The summed E-state index contributed by atoms with van der Waals surface area (Å²) in [6, 6.07) is 23.6. The summed E-state index contributed by atoms with van der Waals surface area (Å²) < 4.78 is 39.4. The van der Waals surface area contributed by atoms with Gasteiger partial charge in [-0.2, -0.15) is 0 Å². The first kappa shape index (κ1) is 23.1. The summed E-state index contributed by atoms with van der Waals surface area (Å²) >= 11 is 0. The molecule has 174 valence electrons. The lowest BCUT2D eigenvalue weighted by Crippen LogP contribution is -2.31. The monoisotopic (exact) mass is 477 g/mol. The van der Waals surface area contributed by atoms with Gasteiger partial charge in [-0.25, -0.2) is 8.42 Å². The molecule has 1 aromatic heterocycles. The maximum absolute atomic E-state index is 13.9. The molecule has 1 heterocycles. The van der Waals surface area contributed by atoms with E-state index in [0.717, 1.165) is 5.56 Å². The highest BCUT2D eigenvalue weighted by Gasteiger charge is 2.28. The molecule has 1 N–H and O–H groups in total. The molecule has 1 amide bonds. The van der Waals surface area contributed by atoms with E-state index >= 15 is 0 Å². The Bertz CT molecular complexity index is 1400. The van der Waals surface area contributed by atoms with Crippen LogP contribution in [0.25, 0.3) is 0 Å². The van der Waals surface area contributed by atoms with Crippen LogP contribution in [0.1, 0.15) is 21.7 Å². The van der Waals surface area contributed by atoms with Crippen LogP contribution >= 0.6 is 0 Å². The van der Waals surface area contributed by atoms with E-state index in [0.29, 0.717) is 17.2 Å². The maximum atomic E-state index is 13.9. The molecule has 4 rings (SSSR count). The van der Waals surface area contributed by atoms with E-state index in [9.17, 15) is 13.2 Å². The molecular formula is C25H23N3O5S. The van der Waals surface area contributed by atoms with Gasteiger partial charge in [-0.15, -0.1) is 0 Å². The van der Waals surface area contributed by atoms with E-state index < -0.39 is 15.9 Å². The quantitative estimate of drug-likeness (QED) is 0.397. The molecule has 9 heteroatoms. The van der Waals surface area contributed by atoms with Crippen LogP contribution in [0.4, 0.5) is 11.5 Å². The Hall–Kier alpha value is -4.11. The van der Waals surface area contributed by atoms with Gasteiger partial charge < -0.3 is 14.6 Å². The van der Waals surface area contributed by atoms with Crippen LogP contribution < -0.4 is 14.4 Å². The van der Waals surface area contributed by atoms with E-state index in [2.05, 4.69) is 10.5 Å². The number of ether oxygens (including phenoxy) is 1. The summed E-state index contributed by atoms with van der Waals surface area (Å²) in [6.45, 7) is 1.78. The first-order chi connectivity index (χ1) is 16.4. The topological polar surface area (TPSA) is 102 Å². The van der Waals surface area contributed by atoms with Crippen LogP contribution in [0.3, 0.4) is 0 Å². The molecule has 0 radical (unpaired) electrons. The van der Waals surface area contributed by atoms with Gasteiger partial charge in [0.25, 0.3) is 15.9 Å². The van der Waals surface area contributed by atoms with Gasteiger partial charge in [0, 0.05) is 11.6 Å². The lowest BCUT2D eigenvalue weighted by molar-refractivity contribution is 0.102. The van der Waals surface area contributed by atoms with Gasteiger partial charge in [0.2, 0.25) is 0 Å². The van der Waals surface area contributed by atoms with E-state index in [4.69, 9.17) is 9.26 Å². The summed E-state index contributed by atoms with van der Waals surface area (Å²) in [4.78, 5) is 12.7. The molecule has 3 aromatic carbocycles. The van der Waals surface area contributed by atoms with Crippen LogP contribution in [-0.2, 0) is 16.6 Å². The summed E-state index contributed by atoms with van der Waals surface area (Å²) in [7, 11) is -2.58. The Labute approximate surface area is 197 Å². The zero-order chi connectivity index (χ0) is 24.1. The largest absolute Gasteiger partial charge is 0.495 e. The number of methoxy groups -OCH3 is 1. The normalized spacial score (nSPS) is 11.1. The predicted molar refractivity (Wildman–Crippen MR) is 128 cm³/mol. The molecule has 0 atom stereocenters. The lowest BCUT2D eigenvalue weighted by Gasteiger charge is -2.26. The van der Waals surface area contributed by atoms with Gasteiger partial charge in [-0.3, -0.25) is 9.10 Å². The molecular weight excluding hydrogens is 454 g/mol. The van der Waals surface area contributed by atoms with Gasteiger partial charge in [0.05, 0.1) is 24.2 Å². The third-order valence-corrected chi connectivity index (χ3v) is 6.83. The first-order valence-corrected chi connectivity index (χ1v) is 11.9. The number of nitrogens with zero attached hydrogens (tertiary/aromatic N) is 2. The molecule has 0 aliphatic rings. The number of benzene rings is 3. The summed E-state index contributed by atoms with van der Waals surface area (Å²) in [6.07, 6.45) is 0. The van der Waals surface area contributed by atoms with Crippen molar-refractivity contribution in [1.82, 2.24) is 5.16 Å². The molecule has 34 heavy (non-hydrogen) atoms. The molecule has 0 aliphatic heterocycles. The fourth-order valence-corrected chi connectivity index (χ4v) is 4.93. The summed E-state index contributed by atoms with van der Waals surface area (Å²) in [5, 5.41) is 6.34. The van der Waals surface area contributed by atoms with Crippen LogP contribution in [0.5, 0.6) is 5.75 Å². The van der Waals surface area contributed by atoms with Crippen molar-refractivity contribution >= 4 is 27.4 Å². The minimum absolute atomic E-state index is 0.0293. The highest BCUT2D eigenvalue weighted by molar-refractivity contribution is 7.92. The zero-order valence-corrected chi connectivity index (χ0v) is 19.5. The number of amides is 1. The maximum Gasteiger partial charge on any atom is 0.264 e. The van der Waals surface area contributed by atoms with Crippen molar-refractivity contribution in [3.8, 4) is 5.75 Å². The second-order valence-electron chi connectivity index (χ2n) is 7.47. The molecule has 0 saturated heterocycles. The predicted octanol–water partition coefficient (Wildman–Crippen LogP) is 4.64. The molecule has 0 aliphatic carbocycles. The number of para-hydroxylation sites is 2. The van der Waals surface area contributed by atoms with E-state index in [1.807, 2.05) is 30.3 Å². The zero-order valence-electron chi connectivity index (χ0n) is 18.6. The minimum Gasteiger partial charge on any atom is -0.495 e. The van der Waals surface area contributed by atoms with Crippen LogP contribution in [0, 0.1) is 6.92 Å².